The van der Waals surface area contributed by atoms with E-state index in [2.05, 4.69) is 54.5 Å². The Morgan fingerprint density at radius 1 is 1.14 bits per heavy atom. The van der Waals surface area contributed by atoms with Gasteiger partial charge in [-0.15, -0.1) is 0 Å². The van der Waals surface area contributed by atoms with Gasteiger partial charge in [0.15, 0.2) is 0 Å². The third-order valence-corrected chi connectivity index (χ3v) is 25.3. The first-order valence-electron chi connectivity index (χ1n) is 16.7. The van der Waals surface area contributed by atoms with Crippen LogP contribution in [0.15, 0.2) is 23.8 Å². The zero-order valence-electron chi connectivity index (χ0n) is 27.9. The molecular weight excluding hydrogens is 668 g/mol. The number of piperazine rings is 1. The molecule has 0 radical (unpaired) electrons. The first kappa shape index (κ1) is 36.4. The summed E-state index contributed by atoms with van der Waals surface area (Å²) in [6, 6.07) is 0. The van der Waals surface area contributed by atoms with Crippen molar-refractivity contribution in [3.63, 3.8) is 0 Å². The van der Waals surface area contributed by atoms with Gasteiger partial charge < -0.3 is 0 Å². The molecule has 0 aromatic carbocycles. The Balaban J connectivity index is 2.11. The number of ether oxygens (including phenoxy) is 1. The summed E-state index contributed by atoms with van der Waals surface area (Å²) in [5.74, 6) is 1.05. The Morgan fingerprint density at radius 3 is 2.19 bits per heavy atom. The first-order valence-corrected chi connectivity index (χ1v) is 24.9. The number of imidazole rings is 1. The number of hydrogen-bond acceptors (Lipinski definition) is 6. The van der Waals surface area contributed by atoms with Gasteiger partial charge in [0.05, 0.1) is 0 Å². The number of unbranched alkanes of at least 4 members (excludes halogenated alkanes) is 3. The standard InChI is InChI=1S/C21H31FN5O2S.3C4H9.Sn/c1-5-17(14-26-13-10-24-18(26)15-25-11-8-23-9-12-25)30-27(21(16-22)6-7-21)19(28)29-20(2,3)4;3*1-3-4-2;/h5,10,14,23H,1,6-9,11-12,15-16H2,2-4H3;3*1,3-4H2,2H3;/b17-14+;;;;. The molecule has 1 amide bonds. The van der Waals surface area contributed by atoms with Crippen molar-refractivity contribution >= 4 is 46.3 Å². The SMILES string of the molecule is C=C/C(=C\n1[c]([Sn]([CH2]CCC)([CH2]CCC)[CH2]CCC)cnc1CN1CCNCC1)SN(C(=O)OC(C)(C)C)C1(CF)CC1. The summed E-state index contributed by atoms with van der Waals surface area (Å²) in [5, 5.41) is 3.46. The van der Waals surface area contributed by atoms with E-state index >= 15 is 0 Å². The molecule has 1 N–H and O–H groups in total. The summed E-state index contributed by atoms with van der Waals surface area (Å²) in [6.07, 6.45) is 14.4. The van der Waals surface area contributed by atoms with Crippen molar-refractivity contribution < 1.29 is 13.9 Å². The fourth-order valence-electron chi connectivity index (χ4n) is 5.94. The van der Waals surface area contributed by atoms with Crippen LogP contribution in [0, 0.1) is 0 Å². The summed E-state index contributed by atoms with van der Waals surface area (Å²) in [6.45, 7) is 20.8. The van der Waals surface area contributed by atoms with Crippen molar-refractivity contribution in [2.75, 3.05) is 32.9 Å². The number of carbonyl (C=O) groups is 1. The van der Waals surface area contributed by atoms with Crippen LogP contribution in [0.5, 0.6) is 0 Å². The monoisotopic (exact) mass is 727 g/mol. The minimum absolute atomic E-state index is 0.491. The van der Waals surface area contributed by atoms with E-state index in [9.17, 15) is 9.18 Å². The summed E-state index contributed by atoms with van der Waals surface area (Å²) >= 11 is -1.63. The van der Waals surface area contributed by atoms with E-state index in [-0.39, 0.29) is 0 Å². The van der Waals surface area contributed by atoms with E-state index in [4.69, 9.17) is 9.72 Å². The molecule has 7 nitrogen and oxygen atoms in total. The Labute approximate surface area is 269 Å². The van der Waals surface area contributed by atoms with Crippen LogP contribution in [0.2, 0.25) is 13.3 Å². The summed E-state index contributed by atoms with van der Waals surface area (Å²) in [7, 11) is 0. The van der Waals surface area contributed by atoms with Gasteiger partial charge in [0.25, 0.3) is 0 Å². The summed E-state index contributed by atoms with van der Waals surface area (Å²) in [4.78, 5) is 21.8. The van der Waals surface area contributed by atoms with Crippen LogP contribution in [-0.2, 0) is 11.3 Å². The molecule has 1 aromatic rings. The predicted octanol–water partition coefficient (Wildman–Crippen LogP) is 7.72. The van der Waals surface area contributed by atoms with E-state index in [1.54, 1.807) is 10.4 Å². The number of halogens is 1. The van der Waals surface area contributed by atoms with E-state index in [1.807, 2.05) is 20.8 Å². The number of alkyl halides is 1. The van der Waals surface area contributed by atoms with Crippen molar-refractivity contribution in [2.45, 2.75) is 124 Å². The number of amides is 1. The molecule has 10 heteroatoms. The van der Waals surface area contributed by atoms with Gasteiger partial charge in [-0.3, -0.25) is 0 Å². The molecule has 0 spiro atoms. The zero-order valence-corrected chi connectivity index (χ0v) is 31.5. The van der Waals surface area contributed by atoms with E-state index in [0.29, 0.717) is 12.8 Å². The second-order valence-electron chi connectivity index (χ2n) is 13.5. The van der Waals surface area contributed by atoms with Crippen LogP contribution < -0.4 is 9.03 Å². The second-order valence-corrected chi connectivity index (χ2v) is 27.6. The number of carbonyl (C=O) groups excluding carboxylic acids is 1. The Hall–Kier alpha value is -1.04. The van der Waals surface area contributed by atoms with Gasteiger partial charge >= 0.3 is 271 Å². The molecule has 2 heterocycles. The Bertz CT molecular complexity index is 1040. The Morgan fingerprint density at radius 2 is 1.72 bits per heavy atom. The van der Waals surface area contributed by atoms with Crippen molar-refractivity contribution in [3.05, 3.63) is 29.6 Å². The van der Waals surface area contributed by atoms with Gasteiger partial charge in [-0.25, -0.2) is 0 Å². The molecule has 1 aliphatic heterocycles. The van der Waals surface area contributed by atoms with Gasteiger partial charge in [0.1, 0.15) is 0 Å². The molecule has 0 unspecified atom stereocenters. The van der Waals surface area contributed by atoms with Crippen LogP contribution in [0.25, 0.3) is 6.20 Å². The van der Waals surface area contributed by atoms with E-state index in [0.717, 1.165) is 43.5 Å². The Kier molecular flexibility index (Phi) is 14.4. The summed E-state index contributed by atoms with van der Waals surface area (Å²) < 4.78 is 29.6. The van der Waals surface area contributed by atoms with Crippen LogP contribution in [0.3, 0.4) is 0 Å². The molecule has 3 rings (SSSR count). The van der Waals surface area contributed by atoms with E-state index < -0.39 is 42.3 Å². The minimum atomic E-state index is -2.90. The molecule has 2 fully saturated rings. The number of hydrogen-bond donors (Lipinski definition) is 1. The predicted molar refractivity (Wildman–Crippen MR) is 183 cm³/mol. The van der Waals surface area contributed by atoms with Gasteiger partial charge in [0, 0.05) is 0 Å². The van der Waals surface area contributed by atoms with Crippen LogP contribution in [0.4, 0.5) is 9.18 Å². The van der Waals surface area contributed by atoms with Crippen LogP contribution in [-0.4, -0.2) is 87.2 Å². The maximum absolute atomic E-state index is 14.4. The van der Waals surface area contributed by atoms with Crippen molar-refractivity contribution in [1.82, 2.24) is 24.1 Å². The molecule has 2 aliphatic rings. The normalized spacial score (nSPS) is 17.6. The molecule has 1 saturated carbocycles. The van der Waals surface area contributed by atoms with Gasteiger partial charge in [0.2, 0.25) is 0 Å². The summed E-state index contributed by atoms with van der Waals surface area (Å²) in [5.41, 5.74) is -1.48. The number of aromatic nitrogens is 2. The molecule has 1 aromatic heterocycles. The number of nitrogens with one attached hydrogen (secondary N) is 1. The quantitative estimate of drug-likeness (QED) is 0.0951. The third-order valence-electron chi connectivity index (χ3n) is 8.74. The fourth-order valence-corrected chi connectivity index (χ4v) is 23.0. The van der Waals surface area contributed by atoms with Crippen molar-refractivity contribution in [1.29, 1.82) is 0 Å². The molecule has 1 saturated heterocycles. The molecule has 1 aliphatic carbocycles. The van der Waals surface area contributed by atoms with E-state index in [1.165, 1.54) is 67.5 Å². The molecule has 244 valence electrons. The second kappa shape index (κ2) is 17.0. The number of nitrogens with zero attached hydrogens (tertiary/aromatic N) is 4. The molecular formula is C33H58FN5O2SSn. The topological polar surface area (TPSA) is 62.6 Å². The van der Waals surface area contributed by atoms with Gasteiger partial charge in [-0.05, 0) is 0 Å². The maximum atomic E-state index is 14.4. The van der Waals surface area contributed by atoms with Crippen molar-refractivity contribution in [3.8, 4) is 0 Å². The first-order chi connectivity index (χ1) is 20.6. The van der Waals surface area contributed by atoms with Gasteiger partial charge in [-0.2, -0.15) is 0 Å². The average Bonchev–Trinajstić information content (AvgIpc) is 3.69. The third kappa shape index (κ3) is 10.2. The zero-order chi connectivity index (χ0) is 31.5. The molecule has 0 bridgehead atoms. The molecule has 43 heavy (non-hydrogen) atoms. The molecule has 0 atom stereocenters. The van der Waals surface area contributed by atoms with Crippen LogP contribution >= 0.6 is 11.9 Å². The van der Waals surface area contributed by atoms with Gasteiger partial charge in [-0.1, -0.05) is 0 Å². The average molecular weight is 727 g/mol. The fraction of sp³-hybridized carbons (Fsp3) is 0.758. The van der Waals surface area contributed by atoms with Crippen LogP contribution in [0.1, 0.15) is 98.7 Å². The number of allylic oxidation sites excluding steroid dienone is 1. The van der Waals surface area contributed by atoms with Crippen molar-refractivity contribution in [2.24, 2.45) is 0 Å². The number of rotatable bonds is 18.